The van der Waals surface area contributed by atoms with Crippen LogP contribution in [0.4, 0.5) is 0 Å². The maximum atomic E-state index is 12.1. The molecule has 7 heteroatoms. The van der Waals surface area contributed by atoms with E-state index in [1.54, 1.807) is 12.1 Å². The highest BCUT2D eigenvalue weighted by Gasteiger charge is 2.12. The van der Waals surface area contributed by atoms with Crippen molar-refractivity contribution in [3.8, 4) is 23.0 Å². The lowest BCUT2D eigenvalue weighted by Gasteiger charge is -2.12. The number of ether oxygens (including phenoxy) is 3. The van der Waals surface area contributed by atoms with E-state index in [1.165, 1.54) is 51.7 Å². The molecule has 0 radical (unpaired) electrons. The first-order chi connectivity index (χ1) is 12.9. The van der Waals surface area contributed by atoms with E-state index in [4.69, 9.17) is 25.8 Å². The number of aromatic hydroxyl groups is 1. The molecule has 0 heterocycles. The number of halogens is 1. The average molecular weight is 391 g/mol. The maximum absolute atomic E-state index is 12.1. The Morgan fingerprint density at radius 3 is 2.22 bits per heavy atom. The van der Waals surface area contributed by atoms with E-state index in [-0.39, 0.29) is 11.3 Å². The number of benzene rings is 2. The molecule has 0 saturated heterocycles. The van der Waals surface area contributed by atoms with Crippen LogP contribution in [0.5, 0.6) is 23.0 Å². The molecule has 27 heavy (non-hydrogen) atoms. The molecular weight excluding hydrogens is 372 g/mol. The molecule has 2 rings (SSSR count). The van der Waals surface area contributed by atoms with Gasteiger partial charge in [0.1, 0.15) is 11.5 Å². The number of carbonyl (C=O) groups is 1. The summed E-state index contributed by atoms with van der Waals surface area (Å²) in [6.07, 6.45) is 3.78. The monoisotopic (exact) mass is 390 g/mol. The summed E-state index contributed by atoms with van der Waals surface area (Å²) in [4.78, 5) is 12.1. The largest absolute Gasteiger partial charge is 0.507 e. The molecule has 0 spiro atoms. The van der Waals surface area contributed by atoms with Crippen molar-refractivity contribution in [2.75, 3.05) is 21.3 Å². The zero-order valence-corrected chi connectivity index (χ0v) is 15.8. The van der Waals surface area contributed by atoms with Crippen LogP contribution in [-0.2, 0) is 4.79 Å². The Labute approximate surface area is 161 Å². The molecule has 0 aliphatic heterocycles. The molecule has 0 bridgehead atoms. The number of allylic oxidation sites excluding steroid dienone is 2. The lowest BCUT2D eigenvalue weighted by molar-refractivity contribution is -0.110. The summed E-state index contributed by atoms with van der Waals surface area (Å²) in [5, 5.41) is 20.1. The molecule has 0 amide bonds. The van der Waals surface area contributed by atoms with Gasteiger partial charge in [-0.1, -0.05) is 17.7 Å². The number of aliphatic hydroxyl groups excluding tert-OH is 1. The van der Waals surface area contributed by atoms with Crippen LogP contribution in [0.3, 0.4) is 0 Å². The molecule has 0 unspecified atom stereocenters. The van der Waals surface area contributed by atoms with E-state index < -0.39 is 11.5 Å². The quantitative estimate of drug-likeness (QED) is 0.543. The van der Waals surface area contributed by atoms with Crippen LogP contribution >= 0.6 is 11.6 Å². The maximum Gasteiger partial charge on any atom is 0.203 e. The van der Waals surface area contributed by atoms with Crippen molar-refractivity contribution in [2.45, 2.75) is 0 Å². The molecule has 2 aromatic rings. The number of ketones is 1. The predicted molar refractivity (Wildman–Crippen MR) is 104 cm³/mol. The second kappa shape index (κ2) is 9.00. The lowest BCUT2D eigenvalue weighted by Crippen LogP contribution is -1.96. The highest BCUT2D eigenvalue weighted by molar-refractivity contribution is 6.30. The number of methoxy groups -OCH3 is 3. The van der Waals surface area contributed by atoms with E-state index in [2.05, 4.69) is 0 Å². The minimum absolute atomic E-state index is 0.0667. The molecule has 0 aliphatic rings. The third-order valence-corrected chi connectivity index (χ3v) is 3.88. The van der Waals surface area contributed by atoms with Crippen LogP contribution in [0, 0.1) is 0 Å². The van der Waals surface area contributed by atoms with Crippen molar-refractivity contribution >= 4 is 29.2 Å². The van der Waals surface area contributed by atoms with E-state index in [0.717, 1.165) is 6.08 Å². The molecule has 0 aromatic heterocycles. The van der Waals surface area contributed by atoms with Crippen LogP contribution in [0.2, 0.25) is 5.02 Å². The van der Waals surface area contributed by atoms with E-state index in [1.807, 2.05) is 0 Å². The zero-order valence-electron chi connectivity index (χ0n) is 15.0. The van der Waals surface area contributed by atoms with Gasteiger partial charge in [0.25, 0.3) is 0 Å². The van der Waals surface area contributed by atoms with Crippen molar-refractivity contribution in [1.82, 2.24) is 0 Å². The van der Waals surface area contributed by atoms with Gasteiger partial charge in [0.15, 0.2) is 17.3 Å². The average Bonchev–Trinajstić information content (AvgIpc) is 2.67. The highest BCUT2D eigenvalue weighted by atomic mass is 35.5. The lowest BCUT2D eigenvalue weighted by atomic mass is 10.1. The summed E-state index contributed by atoms with van der Waals surface area (Å²) in [7, 11) is 4.49. The summed E-state index contributed by atoms with van der Waals surface area (Å²) >= 11 is 5.84. The Kier molecular flexibility index (Phi) is 6.73. The fourth-order valence-electron chi connectivity index (χ4n) is 2.35. The number of aliphatic hydroxyl groups is 1. The molecule has 2 N–H and O–H groups in total. The van der Waals surface area contributed by atoms with E-state index in [0.29, 0.717) is 27.8 Å². The first-order valence-corrected chi connectivity index (χ1v) is 8.19. The molecule has 0 aliphatic carbocycles. The van der Waals surface area contributed by atoms with Crippen molar-refractivity contribution in [3.05, 3.63) is 58.6 Å². The summed E-state index contributed by atoms with van der Waals surface area (Å²) in [6.45, 7) is 0. The third-order valence-electron chi connectivity index (χ3n) is 3.64. The van der Waals surface area contributed by atoms with Gasteiger partial charge in [0, 0.05) is 11.1 Å². The second-order valence-corrected chi connectivity index (χ2v) is 5.82. The van der Waals surface area contributed by atoms with Gasteiger partial charge < -0.3 is 24.4 Å². The fourth-order valence-corrected chi connectivity index (χ4v) is 2.52. The van der Waals surface area contributed by atoms with Gasteiger partial charge in [-0.3, -0.25) is 4.79 Å². The van der Waals surface area contributed by atoms with Crippen molar-refractivity contribution in [1.29, 1.82) is 0 Å². The Hall–Kier alpha value is -3.12. The summed E-state index contributed by atoms with van der Waals surface area (Å²) in [5.41, 5.74) is 0.702. The smallest absolute Gasteiger partial charge is 0.203 e. The van der Waals surface area contributed by atoms with Gasteiger partial charge in [-0.15, -0.1) is 0 Å². The first kappa shape index (κ1) is 20.2. The minimum Gasteiger partial charge on any atom is -0.507 e. The number of rotatable bonds is 7. The third kappa shape index (κ3) is 4.95. The number of hydrogen-bond acceptors (Lipinski definition) is 6. The van der Waals surface area contributed by atoms with E-state index >= 15 is 0 Å². The normalized spacial score (nSPS) is 11.5. The fraction of sp³-hybridized carbons (Fsp3) is 0.150. The van der Waals surface area contributed by atoms with Gasteiger partial charge in [0.2, 0.25) is 5.75 Å². The zero-order chi connectivity index (χ0) is 20.0. The van der Waals surface area contributed by atoms with Crippen LogP contribution in [0.25, 0.3) is 11.8 Å². The topological polar surface area (TPSA) is 85.2 Å². The molecule has 6 nitrogen and oxygen atoms in total. The number of phenolic OH excluding ortho intramolecular Hbond substituents is 1. The van der Waals surface area contributed by atoms with Crippen LogP contribution in [0.15, 0.2) is 42.5 Å². The standard InChI is InChI=1S/C20H19ClO6/c1-25-18-8-12(9-19(26-2)20(18)27-3)4-6-14(22)11-17(24)15-10-13(21)5-7-16(15)23/h4-11,23-24H,1-3H3/b6-4+,17-11-. The molecule has 0 saturated carbocycles. The molecular formula is C20H19ClO6. The van der Waals surface area contributed by atoms with Gasteiger partial charge in [0.05, 0.1) is 26.9 Å². The van der Waals surface area contributed by atoms with Gasteiger partial charge >= 0.3 is 0 Å². The van der Waals surface area contributed by atoms with Crippen LogP contribution in [-0.4, -0.2) is 37.3 Å². The highest BCUT2D eigenvalue weighted by Crippen LogP contribution is 2.38. The Morgan fingerprint density at radius 1 is 1.04 bits per heavy atom. The number of phenols is 1. The van der Waals surface area contributed by atoms with Gasteiger partial charge in [-0.05, 0) is 42.0 Å². The van der Waals surface area contributed by atoms with Crippen LogP contribution in [0.1, 0.15) is 11.1 Å². The van der Waals surface area contributed by atoms with Crippen LogP contribution < -0.4 is 14.2 Å². The number of carbonyl (C=O) groups excluding carboxylic acids is 1. The van der Waals surface area contributed by atoms with Crippen molar-refractivity contribution < 1.29 is 29.2 Å². The SMILES string of the molecule is COc1cc(/C=C/C(=O)/C=C(\O)c2cc(Cl)ccc2O)cc(OC)c1OC. The van der Waals surface area contributed by atoms with Crippen molar-refractivity contribution in [3.63, 3.8) is 0 Å². The molecule has 0 atom stereocenters. The van der Waals surface area contributed by atoms with Crippen molar-refractivity contribution in [2.24, 2.45) is 0 Å². The summed E-state index contributed by atoms with van der Waals surface area (Å²) in [6, 6.07) is 7.52. The molecule has 2 aromatic carbocycles. The molecule has 142 valence electrons. The summed E-state index contributed by atoms with van der Waals surface area (Å²) < 4.78 is 15.8. The van der Waals surface area contributed by atoms with E-state index in [9.17, 15) is 15.0 Å². The van der Waals surface area contributed by atoms with Gasteiger partial charge in [-0.25, -0.2) is 0 Å². The molecule has 0 fully saturated rings. The predicted octanol–water partition coefficient (Wildman–Crippen LogP) is 4.25. The van der Waals surface area contributed by atoms with Gasteiger partial charge in [-0.2, -0.15) is 0 Å². The Bertz CT molecular complexity index is 876. The summed E-state index contributed by atoms with van der Waals surface area (Å²) in [5.74, 6) is 0.277. The Balaban J connectivity index is 2.27. The minimum atomic E-state index is -0.486. The second-order valence-electron chi connectivity index (χ2n) is 5.39. The number of hydrogen-bond donors (Lipinski definition) is 2. The Morgan fingerprint density at radius 2 is 1.67 bits per heavy atom. The first-order valence-electron chi connectivity index (χ1n) is 7.81.